The Kier molecular flexibility index (Phi) is 5.87. The summed E-state index contributed by atoms with van der Waals surface area (Å²) in [6.07, 6.45) is 0.175. The summed E-state index contributed by atoms with van der Waals surface area (Å²) in [5, 5.41) is 12.5. The molecule has 0 atom stereocenters. The standard InChI is InChI=1S/C18H26N4O3S/c1-11(2)10-22-14(5)16(13(4)21-22)9-18(23)20-15-7-6-12(3)17(8-15)26(19,24)25/h6-8,11H,9-10H2,1-5H3,(H,20,23)(H2,19,24,25). The van der Waals surface area contributed by atoms with E-state index in [1.165, 1.54) is 6.07 Å². The second kappa shape index (κ2) is 7.59. The largest absolute Gasteiger partial charge is 0.326 e. The van der Waals surface area contributed by atoms with Crippen LogP contribution in [0.2, 0.25) is 0 Å². The Morgan fingerprint density at radius 2 is 1.92 bits per heavy atom. The Labute approximate surface area is 154 Å². The normalized spacial score (nSPS) is 11.8. The van der Waals surface area contributed by atoms with Crippen LogP contribution < -0.4 is 10.5 Å². The summed E-state index contributed by atoms with van der Waals surface area (Å²) in [5.74, 6) is 0.225. The van der Waals surface area contributed by atoms with Crippen molar-refractivity contribution in [1.29, 1.82) is 0 Å². The molecule has 1 heterocycles. The molecule has 1 amide bonds. The number of carbonyl (C=O) groups is 1. The van der Waals surface area contributed by atoms with Crippen LogP contribution in [0.15, 0.2) is 23.1 Å². The molecule has 7 nitrogen and oxygen atoms in total. The molecule has 0 bridgehead atoms. The van der Waals surface area contributed by atoms with Crippen molar-refractivity contribution in [3.8, 4) is 0 Å². The maximum atomic E-state index is 12.4. The molecule has 0 aliphatic rings. The molecule has 8 heteroatoms. The highest BCUT2D eigenvalue weighted by Crippen LogP contribution is 2.20. The first-order valence-electron chi connectivity index (χ1n) is 8.45. The van der Waals surface area contributed by atoms with Gasteiger partial charge in [0.25, 0.3) is 0 Å². The molecular formula is C18H26N4O3S. The van der Waals surface area contributed by atoms with Gasteiger partial charge in [-0.25, -0.2) is 13.6 Å². The van der Waals surface area contributed by atoms with Gasteiger partial charge in [0.05, 0.1) is 17.0 Å². The van der Waals surface area contributed by atoms with Crippen LogP contribution in [0.3, 0.4) is 0 Å². The Balaban J connectivity index is 2.19. The molecule has 3 N–H and O–H groups in total. The zero-order chi connectivity index (χ0) is 19.6. The van der Waals surface area contributed by atoms with Gasteiger partial charge in [-0.1, -0.05) is 19.9 Å². The number of rotatable bonds is 6. The molecule has 0 aliphatic heterocycles. The van der Waals surface area contributed by atoms with Crippen LogP contribution in [0.4, 0.5) is 5.69 Å². The van der Waals surface area contributed by atoms with Gasteiger partial charge in [0.1, 0.15) is 0 Å². The maximum absolute atomic E-state index is 12.4. The molecule has 0 spiro atoms. The van der Waals surface area contributed by atoms with Crippen molar-refractivity contribution in [3.63, 3.8) is 0 Å². The zero-order valence-corrected chi connectivity index (χ0v) is 16.6. The topological polar surface area (TPSA) is 107 Å². The average molecular weight is 378 g/mol. The molecule has 0 fully saturated rings. The number of nitrogens with zero attached hydrogens (tertiary/aromatic N) is 2. The van der Waals surface area contributed by atoms with Gasteiger partial charge in [-0.3, -0.25) is 9.48 Å². The Morgan fingerprint density at radius 1 is 1.27 bits per heavy atom. The first-order valence-corrected chi connectivity index (χ1v) is 10.00. The third kappa shape index (κ3) is 4.70. The number of hydrogen-bond donors (Lipinski definition) is 2. The molecule has 1 aromatic heterocycles. The van der Waals surface area contributed by atoms with E-state index in [2.05, 4.69) is 24.3 Å². The van der Waals surface area contributed by atoms with E-state index in [0.29, 0.717) is 17.2 Å². The minimum absolute atomic E-state index is 0.00686. The van der Waals surface area contributed by atoms with Crippen molar-refractivity contribution >= 4 is 21.6 Å². The van der Waals surface area contributed by atoms with Crippen molar-refractivity contribution in [1.82, 2.24) is 9.78 Å². The molecule has 26 heavy (non-hydrogen) atoms. The number of sulfonamides is 1. The van der Waals surface area contributed by atoms with E-state index >= 15 is 0 Å². The van der Waals surface area contributed by atoms with Gasteiger partial charge < -0.3 is 5.32 Å². The molecule has 0 unspecified atom stereocenters. The minimum atomic E-state index is -3.84. The van der Waals surface area contributed by atoms with Crippen LogP contribution in [0.1, 0.15) is 36.4 Å². The van der Waals surface area contributed by atoms with Crippen LogP contribution in [0, 0.1) is 26.7 Å². The van der Waals surface area contributed by atoms with Gasteiger partial charge in [-0.05, 0) is 44.4 Å². The third-order valence-electron chi connectivity index (χ3n) is 4.19. The number of nitrogens with two attached hydrogens (primary N) is 1. The second-order valence-corrected chi connectivity index (χ2v) is 8.51. The van der Waals surface area contributed by atoms with Crippen molar-refractivity contribution in [2.24, 2.45) is 11.1 Å². The number of amides is 1. The van der Waals surface area contributed by atoms with Gasteiger partial charge in [-0.15, -0.1) is 0 Å². The molecule has 2 aromatic rings. The molecule has 142 valence electrons. The highest BCUT2D eigenvalue weighted by atomic mass is 32.2. The Hall–Kier alpha value is -2.19. The lowest BCUT2D eigenvalue weighted by Crippen LogP contribution is -2.17. The van der Waals surface area contributed by atoms with E-state index in [-0.39, 0.29) is 17.2 Å². The van der Waals surface area contributed by atoms with Crippen LogP contribution >= 0.6 is 0 Å². The van der Waals surface area contributed by atoms with E-state index in [0.717, 1.165) is 23.5 Å². The SMILES string of the molecule is Cc1ccc(NC(=O)Cc2c(C)nn(CC(C)C)c2C)cc1S(N)(=O)=O. The third-order valence-corrected chi connectivity index (χ3v) is 5.24. The lowest BCUT2D eigenvalue weighted by Gasteiger charge is -2.10. The highest BCUT2D eigenvalue weighted by molar-refractivity contribution is 7.89. The predicted molar refractivity (Wildman–Crippen MR) is 101 cm³/mol. The van der Waals surface area contributed by atoms with E-state index < -0.39 is 10.0 Å². The molecule has 0 aliphatic carbocycles. The molecule has 0 radical (unpaired) electrons. The van der Waals surface area contributed by atoms with Crippen LogP contribution in [-0.4, -0.2) is 24.1 Å². The van der Waals surface area contributed by atoms with E-state index in [1.54, 1.807) is 19.1 Å². The summed E-state index contributed by atoms with van der Waals surface area (Å²) in [7, 11) is -3.84. The van der Waals surface area contributed by atoms with Crippen LogP contribution in [0.25, 0.3) is 0 Å². The highest BCUT2D eigenvalue weighted by Gasteiger charge is 2.17. The quantitative estimate of drug-likeness (QED) is 0.804. The summed E-state index contributed by atoms with van der Waals surface area (Å²) in [4.78, 5) is 12.4. The van der Waals surface area contributed by atoms with Crippen molar-refractivity contribution < 1.29 is 13.2 Å². The van der Waals surface area contributed by atoms with Gasteiger partial charge in [0.2, 0.25) is 15.9 Å². The van der Waals surface area contributed by atoms with Gasteiger partial charge >= 0.3 is 0 Å². The van der Waals surface area contributed by atoms with Gasteiger partial charge in [0, 0.05) is 23.5 Å². The minimum Gasteiger partial charge on any atom is -0.326 e. The second-order valence-electron chi connectivity index (χ2n) is 6.98. The van der Waals surface area contributed by atoms with Crippen LogP contribution in [-0.2, 0) is 27.8 Å². The molecule has 0 saturated heterocycles. The first kappa shape index (κ1) is 20.1. The first-order chi connectivity index (χ1) is 12.0. The summed E-state index contributed by atoms with van der Waals surface area (Å²) in [6, 6.07) is 4.65. The fourth-order valence-electron chi connectivity index (χ4n) is 2.86. The summed E-state index contributed by atoms with van der Waals surface area (Å²) in [6.45, 7) is 10.5. The molecular weight excluding hydrogens is 352 g/mol. The lowest BCUT2D eigenvalue weighted by molar-refractivity contribution is -0.115. The molecule has 0 saturated carbocycles. The number of benzene rings is 1. The van der Waals surface area contributed by atoms with Gasteiger partial charge in [0.15, 0.2) is 0 Å². The van der Waals surface area contributed by atoms with E-state index in [4.69, 9.17) is 5.14 Å². The number of aryl methyl sites for hydroxylation is 2. The van der Waals surface area contributed by atoms with E-state index in [9.17, 15) is 13.2 Å². The monoisotopic (exact) mass is 378 g/mol. The fraction of sp³-hybridized carbons (Fsp3) is 0.444. The fourth-order valence-corrected chi connectivity index (χ4v) is 3.67. The summed E-state index contributed by atoms with van der Waals surface area (Å²) < 4.78 is 25.2. The predicted octanol–water partition coefficient (Wildman–Crippen LogP) is 2.29. The average Bonchev–Trinajstić information content (AvgIpc) is 2.75. The Morgan fingerprint density at radius 3 is 2.50 bits per heavy atom. The molecule has 2 rings (SSSR count). The van der Waals surface area contributed by atoms with Crippen molar-refractivity contribution in [2.45, 2.75) is 52.5 Å². The number of aromatic nitrogens is 2. The molecule has 1 aromatic carbocycles. The maximum Gasteiger partial charge on any atom is 0.238 e. The van der Waals surface area contributed by atoms with Crippen molar-refractivity contribution in [3.05, 3.63) is 40.7 Å². The van der Waals surface area contributed by atoms with Gasteiger partial charge in [-0.2, -0.15) is 5.10 Å². The van der Waals surface area contributed by atoms with E-state index in [1.807, 2.05) is 18.5 Å². The summed E-state index contributed by atoms with van der Waals surface area (Å²) >= 11 is 0. The number of primary sulfonamides is 1. The number of anilines is 1. The number of carbonyl (C=O) groups excluding carboxylic acids is 1. The summed E-state index contributed by atoms with van der Waals surface area (Å²) in [5.41, 5.74) is 3.62. The zero-order valence-electron chi connectivity index (χ0n) is 15.8. The smallest absolute Gasteiger partial charge is 0.238 e. The number of hydrogen-bond acceptors (Lipinski definition) is 4. The van der Waals surface area contributed by atoms with Crippen molar-refractivity contribution in [2.75, 3.05) is 5.32 Å². The number of nitrogens with one attached hydrogen (secondary N) is 1. The lowest BCUT2D eigenvalue weighted by atomic mass is 10.1. The Bertz CT molecular complexity index is 930. The van der Waals surface area contributed by atoms with Crippen LogP contribution in [0.5, 0.6) is 0 Å².